The molecule has 2 unspecified atom stereocenters. The Morgan fingerprint density at radius 1 is 1.08 bits per heavy atom. The molecule has 1 aromatic rings. The van der Waals surface area contributed by atoms with Crippen molar-refractivity contribution in [3.05, 3.63) is 34.6 Å². The third-order valence-electron chi connectivity index (χ3n) is 4.46. The molecule has 1 aromatic carbocycles. The Morgan fingerprint density at radius 2 is 1.71 bits per heavy atom. The van der Waals surface area contributed by atoms with Gasteiger partial charge in [0.1, 0.15) is 5.82 Å². The van der Waals surface area contributed by atoms with Crippen LogP contribution in [0, 0.1) is 17.7 Å². The number of halogens is 2. The molecule has 0 aromatic heterocycles. The molecular formula is C16H16ClFN2O4. The van der Waals surface area contributed by atoms with Gasteiger partial charge in [0.15, 0.2) is 0 Å². The normalized spacial score (nSPS) is 23.1. The van der Waals surface area contributed by atoms with E-state index in [1.54, 1.807) is 4.90 Å². The van der Waals surface area contributed by atoms with Gasteiger partial charge < -0.3 is 14.9 Å². The van der Waals surface area contributed by atoms with Crippen molar-refractivity contribution >= 4 is 29.4 Å². The molecule has 8 heteroatoms. The van der Waals surface area contributed by atoms with Gasteiger partial charge in [0.2, 0.25) is 5.91 Å². The zero-order chi connectivity index (χ0) is 17.4. The topological polar surface area (TPSA) is 77.9 Å². The summed E-state index contributed by atoms with van der Waals surface area (Å²) in [6, 6.07) is 3.89. The van der Waals surface area contributed by atoms with Crippen LogP contribution < -0.4 is 0 Å². The van der Waals surface area contributed by atoms with Gasteiger partial charge >= 0.3 is 5.97 Å². The first-order valence-corrected chi connectivity index (χ1v) is 8.02. The molecule has 2 aliphatic rings. The zero-order valence-corrected chi connectivity index (χ0v) is 13.5. The smallest absolute Gasteiger partial charge is 0.307 e. The van der Waals surface area contributed by atoms with Gasteiger partial charge in [-0.15, -0.1) is 0 Å². The largest absolute Gasteiger partial charge is 0.481 e. The monoisotopic (exact) mass is 354 g/mol. The molecule has 2 fully saturated rings. The highest BCUT2D eigenvalue weighted by atomic mass is 35.5. The van der Waals surface area contributed by atoms with E-state index in [1.165, 1.54) is 17.0 Å². The van der Waals surface area contributed by atoms with Crippen LogP contribution in [0.1, 0.15) is 16.8 Å². The summed E-state index contributed by atoms with van der Waals surface area (Å²) in [5.74, 6) is -3.26. The molecule has 6 nitrogen and oxygen atoms in total. The molecule has 1 heterocycles. The SMILES string of the molecule is O=C(O)C1CC1C(=O)N1CCN(C(=O)c2ccc(Cl)cc2F)CC1. The molecule has 128 valence electrons. The molecule has 3 rings (SSSR count). The summed E-state index contributed by atoms with van der Waals surface area (Å²) in [6.45, 7) is 1.22. The van der Waals surface area contributed by atoms with Crippen molar-refractivity contribution in [3.63, 3.8) is 0 Å². The number of nitrogens with zero attached hydrogens (tertiary/aromatic N) is 2. The predicted octanol–water partition coefficient (Wildman–Crippen LogP) is 1.48. The third kappa shape index (κ3) is 3.21. The minimum absolute atomic E-state index is 0.0488. The number of amides is 2. The lowest BCUT2D eigenvalue weighted by Crippen LogP contribution is -2.51. The first kappa shape index (κ1) is 16.7. The van der Waals surface area contributed by atoms with Crippen molar-refractivity contribution in [1.82, 2.24) is 9.80 Å². The minimum Gasteiger partial charge on any atom is -0.481 e. The average Bonchev–Trinajstić information content (AvgIpc) is 3.35. The molecule has 2 atom stereocenters. The fourth-order valence-electron chi connectivity index (χ4n) is 2.94. The van der Waals surface area contributed by atoms with Gasteiger partial charge in [0.05, 0.1) is 17.4 Å². The van der Waals surface area contributed by atoms with E-state index in [9.17, 15) is 18.8 Å². The maximum absolute atomic E-state index is 13.8. The van der Waals surface area contributed by atoms with E-state index in [2.05, 4.69) is 0 Å². The van der Waals surface area contributed by atoms with Crippen LogP contribution in [-0.2, 0) is 9.59 Å². The highest BCUT2D eigenvalue weighted by Crippen LogP contribution is 2.40. The Labute approximate surface area is 142 Å². The summed E-state index contributed by atoms with van der Waals surface area (Å²) in [7, 11) is 0. The van der Waals surface area contributed by atoms with Gasteiger partial charge in [-0.25, -0.2) is 4.39 Å². The number of hydrogen-bond acceptors (Lipinski definition) is 3. The Hall–Kier alpha value is -2.15. The molecule has 0 radical (unpaired) electrons. The van der Waals surface area contributed by atoms with E-state index in [0.717, 1.165) is 6.07 Å². The number of aliphatic carboxylic acids is 1. The molecular weight excluding hydrogens is 339 g/mol. The number of hydrogen-bond donors (Lipinski definition) is 1. The summed E-state index contributed by atoms with van der Waals surface area (Å²) in [4.78, 5) is 38.5. The maximum Gasteiger partial charge on any atom is 0.307 e. The van der Waals surface area contributed by atoms with Crippen molar-refractivity contribution in [3.8, 4) is 0 Å². The second kappa shape index (κ2) is 6.39. The Kier molecular flexibility index (Phi) is 4.45. The number of carbonyl (C=O) groups is 3. The van der Waals surface area contributed by atoms with E-state index in [0.29, 0.717) is 19.5 Å². The van der Waals surface area contributed by atoms with Crippen molar-refractivity contribution in [2.45, 2.75) is 6.42 Å². The summed E-state index contributed by atoms with van der Waals surface area (Å²) in [5.41, 5.74) is -0.0488. The standard InChI is InChI=1S/C16H16ClFN2O4/c17-9-1-2-10(13(18)7-9)14(21)19-3-5-20(6-4-19)15(22)11-8-12(11)16(23)24/h1-2,7,11-12H,3-6,8H2,(H,23,24). The number of carboxylic acids is 1. The number of rotatable bonds is 3. The molecule has 0 bridgehead atoms. The number of piperazine rings is 1. The van der Waals surface area contributed by atoms with E-state index >= 15 is 0 Å². The fourth-order valence-corrected chi connectivity index (χ4v) is 3.10. The molecule has 24 heavy (non-hydrogen) atoms. The second-order valence-electron chi connectivity index (χ2n) is 6.03. The Bertz CT molecular complexity index is 703. The molecule has 1 saturated heterocycles. The Balaban J connectivity index is 1.58. The van der Waals surface area contributed by atoms with Crippen LogP contribution in [0.3, 0.4) is 0 Å². The molecule has 1 N–H and O–H groups in total. The first-order valence-electron chi connectivity index (χ1n) is 7.64. The minimum atomic E-state index is -0.944. The van der Waals surface area contributed by atoms with Crippen LogP contribution in [0.25, 0.3) is 0 Å². The second-order valence-corrected chi connectivity index (χ2v) is 6.47. The van der Waals surface area contributed by atoms with Crippen LogP contribution in [0.5, 0.6) is 0 Å². The third-order valence-corrected chi connectivity index (χ3v) is 4.70. The highest BCUT2D eigenvalue weighted by molar-refractivity contribution is 6.30. The molecule has 1 aliphatic carbocycles. The van der Waals surface area contributed by atoms with Crippen LogP contribution in [-0.4, -0.2) is 58.9 Å². The van der Waals surface area contributed by atoms with Gasteiger partial charge in [0.25, 0.3) is 5.91 Å². The number of carbonyl (C=O) groups excluding carboxylic acids is 2. The van der Waals surface area contributed by atoms with E-state index in [-0.39, 0.29) is 29.6 Å². The lowest BCUT2D eigenvalue weighted by atomic mass is 10.1. The van der Waals surface area contributed by atoms with Gasteiger partial charge in [-0.05, 0) is 24.6 Å². The first-order chi connectivity index (χ1) is 11.4. The van der Waals surface area contributed by atoms with Crippen molar-refractivity contribution in [1.29, 1.82) is 0 Å². The van der Waals surface area contributed by atoms with Gasteiger partial charge in [-0.3, -0.25) is 14.4 Å². The average molecular weight is 355 g/mol. The summed E-state index contributed by atoms with van der Waals surface area (Å²) < 4.78 is 13.8. The maximum atomic E-state index is 13.8. The van der Waals surface area contributed by atoms with Crippen molar-refractivity contribution in [2.24, 2.45) is 11.8 Å². The lowest BCUT2D eigenvalue weighted by molar-refractivity contribution is -0.142. The van der Waals surface area contributed by atoms with E-state index in [1.807, 2.05) is 0 Å². The van der Waals surface area contributed by atoms with Crippen LogP contribution in [0.15, 0.2) is 18.2 Å². The molecule has 0 spiro atoms. The molecule has 1 aliphatic heterocycles. The predicted molar refractivity (Wildman–Crippen MR) is 83.1 cm³/mol. The fraction of sp³-hybridized carbons (Fsp3) is 0.438. The number of carboxylic acid groups (broad SMARTS) is 1. The van der Waals surface area contributed by atoms with Crippen LogP contribution >= 0.6 is 11.6 Å². The highest BCUT2D eigenvalue weighted by Gasteiger charge is 2.50. The van der Waals surface area contributed by atoms with Gasteiger partial charge in [0, 0.05) is 31.2 Å². The van der Waals surface area contributed by atoms with Crippen molar-refractivity contribution in [2.75, 3.05) is 26.2 Å². The Morgan fingerprint density at radius 3 is 2.25 bits per heavy atom. The quantitative estimate of drug-likeness (QED) is 0.892. The van der Waals surface area contributed by atoms with Crippen LogP contribution in [0.4, 0.5) is 4.39 Å². The molecule has 2 amide bonds. The molecule has 1 saturated carbocycles. The number of benzene rings is 1. The summed E-state index contributed by atoms with van der Waals surface area (Å²) in [6.07, 6.45) is 0.378. The van der Waals surface area contributed by atoms with E-state index < -0.39 is 29.5 Å². The lowest BCUT2D eigenvalue weighted by Gasteiger charge is -2.35. The zero-order valence-electron chi connectivity index (χ0n) is 12.7. The van der Waals surface area contributed by atoms with Crippen molar-refractivity contribution < 1.29 is 23.9 Å². The van der Waals surface area contributed by atoms with Gasteiger partial charge in [-0.2, -0.15) is 0 Å². The van der Waals surface area contributed by atoms with E-state index in [4.69, 9.17) is 16.7 Å². The van der Waals surface area contributed by atoms with Crippen LogP contribution in [0.2, 0.25) is 5.02 Å². The summed E-state index contributed by atoms with van der Waals surface area (Å²) in [5, 5.41) is 9.11. The summed E-state index contributed by atoms with van der Waals surface area (Å²) >= 11 is 5.68. The van der Waals surface area contributed by atoms with Gasteiger partial charge in [-0.1, -0.05) is 11.6 Å².